The van der Waals surface area contributed by atoms with E-state index in [4.69, 9.17) is 10.5 Å². The zero-order chi connectivity index (χ0) is 17.0. The van der Waals surface area contributed by atoms with Gasteiger partial charge in [0.2, 0.25) is 11.8 Å². The molecule has 2 amide bonds. The van der Waals surface area contributed by atoms with Gasteiger partial charge >= 0.3 is 0 Å². The Morgan fingerprint density at radius 3 is 2.48 bits per heavy atom. The van der Waals surface area contributed by atoms with Crippen LogP contribution in [0, 0.1) is 0 Å². The Kier molecular flexibility index (Phi) is 6.38. The van der Waals surface area contributed by atoms with E-state index in [0.717, 1.165) is 32.8 Å². The number of ether oxygens (including phenoxy) is 1. The number of carbonyl (C=O) groups is 2. The Labute approximate surface area is 138 Å². The summed E-state index contributed by atoms with van der Waals surface area (Å²) in [6.45, 7) is 11.3. The van der Waals surface area contributed by atoms with Crippen molar-refractivity contribution in [3.05, 3.63) is 0 Å². The van der Waals surface area contributed by atoms with Crippen LogP contribution in [0.1, 0.15) is 27.2 Å². The Hall–Kier alpha value is -1.18. The minimum atomic E-state index is -0.453. The Bertz CT molecular complexity index is 424. The number of carbonyl (C=O) groups excluding carboxylic acids is 2. The van der Waals surface area contributed by atoms with Crippen LogP contribution in [0.2, 0.25) is 0 Å². The summed E-state index contributed by atoms with van der Waals surface area (Å²) in [5, 5.41) is 0. The summed E-state index contributed by atoms with van der Waals surface area (Å²) in [5.74, 6) is -0.0987. The number of morpholine rings is 1. The van der Waals surface area contributed by atoms with E-state index < -0.39 is 12.1 Å². The van der Waals surface area contributed by atoms with E-state index in [0.29, 0.717) is 19.5 Å². The summed E-state index contributed by atoms with van der Waals surface area (Å²) in [6, 6.07) is -0.786. The van der Waals surface area contributed by atoms with Gasteiger partial charge in [-0.25, -0.2) is 0 Å². The molecule has 0 spiro atoms. The summed E-state index contributed by atoms with van der Waals surface area (Å²) in [4.78, 5) is 30.7. The maximum Gasteiger partial charge on any atom is 0.245 e. The molecule has 132 valence electrons. The number of nitrogens with two attached hydrogens (primary N) is 1. The van der Waals surface area contributed by atoms with Crippen LogP contribution in [0.5, 0.6) is 0 Å². The quantitative estimate of drug-likeness (QED) is 0.712. The Morgan fingerprint density at radius 1 is 1.30 bits per heavy atom. The highest BCUT2D eigenvalue weighted by Crippen LogP contribution is 2.16. The van der Waals surface area contributed by atoms with Crippen LogP contribution >= 0.6 is 0 Å². The van der Waals surface area contributed by atoms with E-state index in [-0.39, 0.29) is 17.9 Å². The standard InChI is InChI=1S/C16H30N4O3/c1-12(2)19(7-6-18-8-10-23-11-9-18)15(21)13(3)20-5-4-14(17)16(20)22/h12-14H,4-11,17H2,1-3H3/t13-,14-/m0/s1. The fraction of sp³-hybridized carbons (Fsp3) is 0.875. The van der Waals surface area contributed by atoms with Crippen molar-refractivity contribution >= 4 is 11.8 Å². The molecular formula is C16H30N4O3. The van der Waals surface area contributed by atoms with Gasteiger partial charge in [0.05, 0.1) is 19.3 Å². The van der Waals surface area contributed by atoms with E-state index >= 15 is 0 Å². The van der Waals surface area contributed by atoms with Gasteiger partial charge in [-0.1, -0.05) is 0 Å². The molecule has 2 heterocycles. The van der Waals surface area contributed by atoms with E-state index in [1.807, 2.05) is 25.7 Å². The lowest BCUT2D eigenvalue weighted by atomic mass is 10.2. The van der Waals surface area contributed by atoms with Crippen molar-refractivity contribution in [1.29, 1.82) is 0 Å². The predicted molar refractivity (Wildman–Crippen MR) is 87.9 cm³/mol. The predicted octanol–water partition coefficient (Wildman–Crippen LogP) is -0.496. The number of rotatable bonds is 6. The molecule has 0 radical (unpaired) electrons. The first-order valence-electron chi connectivity index (χ1n) is 8.58. The third-order valence-corrected chi connectivity index (χ3v) is 4.77. The van der Waals surface area contributed by atoms with Crippen LogP contribution in [0.25, 0.3) is 0 Å². The number of amides is 2. The molecule has 23 heavy (non-hydrogen) atoms. The average Bonchev–Trinajstić information content (AvgIpc) is 2.87. The monoisotopic (exact) mass is 326 g/mol. The molecule has 0 aromatic rings. The number of hydrogen-bond acceptors (Lipinski definition) is 5. The topological polar surface area (TPSA) is 79.1 Å². The number of nitrogens with zero attached hydrogens (tertiary/aromatic N) is 3. The largest absolute Gasteiger partial charge is 0.379 e. The molecule has 2 aliphatic rings. The maximum absolute atomic E-state index is 12.8. The van der Waals surface area contributed by atoms with Gasteiger partial charge in [-0.05, 0) is 27.2 Å². The molecule has 2 atom stereocenters. The maximum atomic E-state index is 12.8. The van der Waals surface area contributed by atoms with Gasteiger partial charge in [-0.15, -0.1) is 0 Å². The van der Waals surface area contributed by atoms with Crippen LogP contribution in [0.15, 0.2) is 0 Å². The summed E-state index contributed by atoms with van der Waals surface area (Å²) in [7, 11) is 0. The van der Waals surface area contributed by atoms with Crippen LogP contribution in [-0.2, 0) is 14.3 Å². The Morgan fingerprint density at radius 2 is 1.96 bits per heavy atom. The van der Waals surface area contributed by atoms with Gasteiger partial charge < -0.3 is 20.3 Å². The van der Waals surface area contributed by atoms with Gasteiger partial charge in [0.1, 0.15) is 6.04 Å². The molecule has 0 aromatic carbocycles. The fourth-order valence-corrected chi connectivity index (χ4v) is 3.18. The zero-order valence-electron chi connectivity index (χ0n) is 14.5. The van der Waals surface area contributed by atoms with E-state index in [9.17, 15) is 9.59 Å². The molecular weight excluding hydrogens is 296 g/mol. The Balaban J connectivity index is 1.93. The minimum absolute atomic E-state index is 0.00992. The van der Waals surface area contributed by atoms with Gasteiger partial charge in [0.15, 0.2) is 0 Å². The van der Waals surface area contributed by atoms with Crippen molar-refractivity contribution in [2.75, 3.05) is 45.9 Å². The summed E-state index contributed by atoms with van der Waals surface area (Å²) in [6.07, 6.45) is 0.631. The van der Waals surface area contributed by atoms with E-state index in [2.05, 4.69) is 4.90 Å². The second kappa shape index (κ2) is 8.08. The summed E-state index contributed by atoms with van der Waals surface area (Å²) >= 11 is 0. The minimum Gasteiger partial charge on any atom is -0.379 e. The van der Waals surface area contributed by atoms with Crippen LogP contribution < -0.4 is 5.73 Å². The normalized spacial score (nSPS) is 24.3. The molecule has 0 aromatic heterocycles. The lowest BCUT2D eigenvalue weighted by Crippen LogP contribution is -2.53. The molecule has 7 heteroatoms. The zero-order valence-corrected chi connectivity index (χ0v) is 14.5. The molecule has 0 bridgehead atoms. The first-order valence-corrected chi connectivity index (χ1v) is 8.58. The second-order valence-electron chi connectivity index (χ2n) is 6.68. The van der Waals surface area contributed by atoms with Crippen molar-refractivity contribution in [3.8, 4) is 0 Å². The lowest BCUT2D eigenvalue weighted by molar-refractivity contribution is -0.144. The van der Waals surface area contributed by atoms with E-state index in [1.165, 1.54) is 0 Å². The van der Waals surface area contributed by atoms with Gasteiger partial charge in [0.25, 0.3) is 0 Å². The molecule has 2 saturated heterocycles. The van der Waals surface area contributed by atoms with Crippen molar-refractivity contribution in [2.45, 2.75) is 45.3 Å². The van der Waals surface area contributed by atoms with Crippen LogP contribution in [-0.4, -0.2) is 90.6 Å². The molecule has 0 saturated carbocycles. The molecule has 0 aliphatic carbocycles. The third-order valence-electron chi connectivity index (χ3n) is 4.77. The van der Waals surface area contributed by atoms with Crippen molar-refractivity contribution in [2.24, 2.45) is 5.73 Å². The third kappa shape index (κ3) is 4.43. The molecule has 2 aliphatic heterocycles. The smallest absolute Gasteiger partial charge is 0.245 e. The van der Waals surface area contributed by atoms with Gasteiger partial charge in [-0.2, -0.15) is 0 Å². The van der Waals surface area contributed by atoms with Crippen molar-refractivity contribution < 1.29 is 14.3 Å². The van der Waals surface area contributed by atoms with Crippen molar-refractivity contribution in [1.82, 2.24) is 14.7 Å². The van der Waals surface area contributed by atoms with Gasteiger partial charge in [0, 0.05) is 38.8 Å². The molecule has 7 nitrogen and oxygen atoms in total. The first kappa shape index (κ1) is 18.2. The van der Waals surface area contributed by atoms with E-state index in [1.54, 1.807) is 4.90 Å². The number of hydrogen-bond donors (Lipinski definition) is 1. The second-order valence-corrected chi connectivity index (χ2v) is 6.68. The average molecular weight is 326 g/mol. The highest BCUT2D eigenvalue weighted by molar-refractivity contribution is 5.90. The fourth-order valence-electron chi connectivity index (χ4n) is 3.18. The molecule has 2 rings (SSSR count). The lowest BCUT2D eigenvalue weighted by Gasteiger charge is -2.35. The van der Waals surface area contributed by atoms with Crippen LogP contribution in [0.4, 0.5) is 0 Å². The molecule has 2 N–H and O–H groups in total. The molecule has 2 fully saturated rings. The summed E-state index contributed by atoms with van der Waals surface area (Å²) in [5.41, 5.74) is 5.76. The highest BCUT2D eigenvalue weighted by Gasteiger charge is 2.36. The van der Waals surface area contributed by atoms with Crippen molar-refractivity contribution in [3.63, 3.8) is 0 Å². The first-order chi connectivity index (χ1) is 10.9. The number of likely N-dealkylation sites (tertiary alicyclic amines) is 1. The highest BCUT2D eigenvalue weighted by atomic mass is 16.5. The summed E-state index contributed by atoms with van der Waals surface area (Å²) < 4.78 is 5.35. The molecule has 0 unspecified atom stereocenters. The SMILES string of the molecule is CC(C)N(CCN1CCOCC1)C(=O)[C@H](C)N1CC[C@H](N)C1=O. The van der Waals surface area contributed by atoms with Crippen LogP contribution in [0.3, 0.4) is 0 Å². The van der Waals surface area contributed by atoms with Gasteiger partial charge in [-0.3, -0.25) is 14.5 Å².